The molecule has 0 bridgehead atoms. The average molecular weight is 229 g/mol. The molecule has 0 radical (unpaired) electrons. The summed E-state index contributed by atoms with van der Waals surface area (Å²) in [6.07, 6.45) is 3.79. The summed E-state index contributed by atoms with van der Waals surface area (Å²) < 4.78 is 2.00. The monoisotopic (exact) mass is 229 g/mol. The van der Waals surface area contributed by atoms with Gasteiger partial charge in [0.05, 0.1) is 12.0 Å². The van der Waals surface area contributed by atoms with Crippen LogP contribution in [0.4, 0.5) is 0 Å². The highest BCUT2D eigenvalue weighted by Crippen LogP contribution is 2.17. The van der Waals surface area contributed by atoms with Gasteiger partial charge < -0.3 is 10.3 Å². The van der Waals surface area contributed by atoms with Crippen LogP contribution < -0.4 is 5.73 Å². The zero-order valence-electron chi connectivity index (χ0n) is 10.6. The smallest absolute Gasteiger partial charge is 0.0995 e. The molecule has 0 saturated heterocycles. The molecule has 0 saturated carbocycles. The number of hydrogen-bond donors (Lipinski definition) is 1. The Kier molecular flexibility index (Phi) is 3.29. The van der Waals surface area contributed by atoms with E-state index in [0.29, 0.717) is 5.92 Å². The Morgan fingerprint density at radius 2 is 1.76 bits per heavy atom. The molecule has 1 atom stereocenters. The summed E-state index contributed by atoms with van der Waals surface area (Å²) in [6.45, 7) is 6.33. The second kappa shape index (κ2) is 4.72. The number of aromatic nitrogens is 2. The van der Waals surface area contributed by atoms with Crippen molar-refractivity contribution in [3.8, 4) is 5.69 Å². The number of rotatable bonds is 3. The van der Waals surface area contributed by atoms with Crippen molar-refractivity contribution in [2.45, 2.75) is 32.7 Å². The summed E-state index contributed by atoms with van der Waals surface area (Å²) in [7, 11) is 0. The molecule has 0 fully saturated rings. The minimum Gasteiger partial charge on any atom is -0.323 e. The predicted molar refractivity (Wildman–Crippen MR) is 70.3 cm³/mol. The Balaban J connectivity index is 2.27. The fourth-order valence-corrected chi connectivity index (χ4v) is 1.75. The molecule has 0 aliphatic heterocycles. The topological polar surface area (TPSA) is 43.8 Å². The molecule has 0 aliphatic rings. The van der Waals surface area contributed by atoms with E-state index in [4.69, 9.17) is 5.73 Å². The van der Waals surface area contributed by atoms with E-state index < -0.39 is 0 Å². The van der Waals surface area contributed by atoms with Gasteiger partial charge in [0.1, 0.15) is 0 Å². The molecule has 90 valence electrons. The maximum Gasteiger partial charge on any atom is 0.0995 e. The van der Waals surface area contributed by atoms with E-state index in [0.717, 1.165) is 11.4 Å². The van der Waals surface area contributed by atoms with Gasteiger partial charge in [-0.25, -0.2) is 4.98 Å². The van der Waals surface area contributed by atoms with Crippen molar-refractivity contribution in [2.75, 3.05) is 0 Å². The van der Waals surface area contributed by atoms with E-state index in [1.807, 2.05) is 24.0 Å². The van der Waals surface area contributed by atoms with Gasteiger partial charge in [-0.05, 0) is 30.5 Å². The van der Waals surface area contributed by atoms with Gasteiger partial charge in [0.2, 0.25) is 0 Å². The number of benzene rings is 1. The van der Waals surface area contributed by atoms with Crippen molar-refractivity contribution in [3.05, 3.63) is 48.0 Å². The summed E-state index contributed by atoms with van der Waals surface area (Å²) in [5, 5.41) is 0. The fourth-order valence-electron chi connectivity index (χ4n) is 1.75. The van der Waals surface area contributed by atoms with E-state index in [2.05, 4.69) is 43.1 Å². The minimum absolute atomic E-state index is 0.0220. The van der Waals surface area contributed by atoms with Crippen LogP contribution in [0.1, 0.15) is 44.0 Å². The molecule has 0 amide bonds. The van der Waals surface area contributed by atoms with Crippen molar-refractivity contribution in [3.63, 3.8) is 0 Å². The van der Waals surface area contributed by atoms with Crippen molar-refractivity contribution >= 4 is 0 Å². The molecule has 2 aromatic rings. The molecule has 2 rings (SSSR count). The third-order valence-electron chi connectivity index (χ3n) is 2.93. The van der Waals surface area contributed by atoms with Crippen LogP contribution in [0.25, 0.3) is 5.69 Å². The highest BCUT2D eigenvalue weighted by Gasteiger charge is 2.05. The Labute approximate surface area is 102 Å². The molecule has 0 aliphatic carbocycles. The lowest BCUT2D eigenvalue weighted by Gasteiger charge is -2.07. The molecular weight excluding hydrogens is 210 g/mol. The second-order valence-corrected chi connectivity index (χ2v) is 4.74. The maximum atomic E-state index is 5.79. The predicted octanol–water partition coefficient (Wildman–Crippen LogP) is 3.02. The summed E-state index contributed by atoms with van der Waals surface area (Å²) in [5.74, 6) is 0.562. The van der Waals surface area contributed by atoms with Gasteiger partial charge in [0.15, 0.2) is 0 Å². The normalized spacial score (nSPS) is 13.0. The molecule has 3 heteroatoms. The first-order valence-electron chi connectivity index (χ1n) is 5.97. The van der Waals surface area contributed by atoms with Crippen molar-refractivity contribution in [1.82, 2.24) is 9.55 Å². The number of imidazole rings is 1. The van der Waals surface area contributed by atoms with E-state index in [1.165, 1.54) is 5.56 Å². The molecule has 1 aromatic heterocycles. The average Bonchev–Trinajstić information content (AvgIpc) is 2.78. The van der Waals surface area contributed by atoms with Gasteiger partial charge in [0, 0.05) is 17.9 Å². The van der Waals surface area contributed by atoms with Gasteiger partial charge in [-0.15, -0.1) is 0 Å². The highest BCUT2D eigenvalue weighted by molar-refractivity contribution is 5.36. The molecular formula is C14H19N3. The van der Waals surface area contributed by atoms with Crippen LogP contribution in [0.2, 0.25) is 0 Å². The Hall–Kier alpha value is -1.61. The van der Waals surface area contributed by atoms with Crippen LogP contribution in [0.3, 0.4) is 0 Å². The molecule has 17 heavy (non-hydrogen) atoms. The lowest BCUT2D eigenvalue weighted by Crippen LogP contribution is -2.04. The highest BCUT2D eigenvalue weighted by atomic mass is 15.0. The first-order valence-corrected chi connectivity index (χ1v) is 5.97. The van der Waals surface area contributed by atoms with Crippen LogP contribution in [0.15, 0.2) is 36.8 Å². The third-order valence-corrected chi connectivity index (χ3v) is 2.93. The van der Waals surface area contributed by atoms with Gasteiger partial charge in [-0.2, -0.15) is 0 Å². The van der Waals surface area contributed by atoms with E-state index in [-0.39, 0.29) is 6.04 Å². The quantitative estimate of drug-likeness (QED) is 0.879. The maximum absolute atomic E-state index is 5.79. The Bertz CT molecular complexity index is 480. The van der Waals surface area contributed by atoms with Gasteiger partial charge >= 0.3 is 0 Å². The first kappa shape index (κ1) is 11.9. The number of hydrogen-bond acceptors (Lipinski definition) is 2. The van der Waals surface area contributed by atoms with E-state index in [9.17, 15) is 0 Å². The zero-order valence-corrected chi connectivity index (χ0v) is 10.6. The lowest BCUT2D eigenvalue weighted by atomic mass is 10.0. The SMILES string of the molecule is CC(C)c1ccc(-n2cnc([C@H](C)N)c2)cc1. The van der Waals surface area contributed by atoms with Crippen molar-refractivity contribution in [2.24, 2.45) is 5.73 Å². The second-order valence-electron chi connectivity index (χ2n) is 4.74. The van der Waals surface area contributed by atoms with Crippen LogP contribution in [0, 0.1) is 0 Å². The number of nitrogens with two attached hydrogens (primary N) is 1. The first-order chi connectivity index (χ1) is 8.08. The molecule has 1 aromatic carbocycles. The van der Waals surface area contributed by atoms with Gasteiger partial charge in [-0.1, -0.05) is 26.0 Å². The van der Waals surface area contributed by atoms with E-state index >= 15 is 0 Å². The van der Waals surface area contributed by atoms with Gasteiger partial charge in [0.25, 0.3) is 0 Å². The summed E-state index contributed by atoms with van der Waals surface area (Å²) >= 11 is 0. The Morgan fingerprint density at radius 1 is 1.12 bits per heavy atom. The third kappa shape index (κ3) is 2.56. The fraction of sp³-hybridized carbons (Fsp3) is 0.357. The summed E-state index contributed by atoms with van der Waals surface area (Å²) in [4.78, 5) is 4.29. The number of nitrogens with zero attached hydrogens (tertiary/aromatic N) is 2. The summed E-state index contributed by atoms with van der Waals surface area (Å²) in [6, 6.07) is 8.52. The van der Waals surface area contributed by atoms with Crippen LogP contribution >= 0.6 is 0 Å². The van der Waals surface area contributed by atoms with Crippen LogP contribution in [0.5, 0.6) is 0 Å². The largest absolute Gasteiger partial charge is 0.323 e. The molecule has 1 heterocycles. The van der Waals surface area contributed by atoms with Crippen LogP contribution in [-0.2, 0) is 0 Å². The van der Waals surface area contributed by atoms with Crippen LogP contribution in [-0.4, -0.2) is 9.55 Å². The summed E-state index contributed by atoms with van der Waals surface area (Å²) in [5.41, 5.74) is 9.18. The molecule has 3 nitrogen and oxygen atoms in total. The zero-order chi connectivity index (χ0) is 12.4. The molecule has 0 spiro atoms. The Morgan fingerprint density at radius 3 is 2.24 bits per heavy atom. The van der Waals surface area contributed by atoms with Gasteiger partial charge in [-0.3, -0.25) is 0 Å². The van der Waals surface area contributed by atoms with E-state index in [1.54, 1.807) is 0 Å². The molecule has 0 unspecified atom stereocenters. The minimum atomic E-state index is -0.0220. The molecule has 2 N–H and O–H groups in total. The van der Waals surface area contributed by atoms with Crippen molar-refractivity contribution < 1.29 is 0 Å². The van der Waals surface area contributed by atoms with Crippen molar-refractivity contribution in [1.29, 1.82) is 0 Å². The lowest BCUT2D eigenvalue weighted by molar-refractivity contribution is 0.788. The standard InChI is InChI=1S/C14H19N3/c1-10(2)12-4-6-13(7-5-12)17-8-14(11(3)15)16-9-17/h4-11H,15H2,1-3H3/t11-/m0/s1.